The average molecular weight is 350 g/mol. The third-order valence-corrected chi connectivity index (χ3v) is 4.31. The Morgan fingerprint density at radius 2 is 1.88 bits per heavy atom. The number of benzene rings is 1. The molecule has 26 heavy (non-hydrogen) atoms. The molecule has 0 fully saturated rings. The maximum absolute atomic E-state index is 12.3. The van der Waals surface area contributed by atoms with Gasteiger partial charge in [0.25, 0.3) is 0 Å². The van der Waals surface area contributed by atoms with Crippen molar-refractivity contribution in [2.75, 3.05) is 22.1 Å². The number of rotatable bonds is 2. The summed E-state index contributed by atoms with van der Waals surface area (Å²) in [5.74, 6) is 0.699. The highest BCUT2D eigenvalue weighted by atomic mass is 16.2. The first kappa shape index (κ1) is 16.1. The summed E-state index contributed by atoms with van der Waals surface area (Å²) in [7, 11) is 0. The van der Waals surface area contributed by atoms with Gasteiger partial charge >= 0.3 is 6.03 Å². The first-order chi connectivity index (χ1) is 12.5. The van der Waals surface area contributed by atoms with Gasteiger partial charge < -0.3 is 15.5 Å². The Labute approximate surface area is 149 Å². The number of carbonyl (C=O) groups is 2. The second-order valence-corrected chi connectivity index (χ2v) is 6.22. The van der Waals surface area contributed by atoms with E-state index in [0.29, 0.717) is 23.7 Å². The van der Waals surface area contributed by atoms with Gasteiger partial charge in [0, 0.05) is 24.8 Å². The minimum absolute atomic E-state index is 0.0287. The second kappa shape index (κ2) is 6.14. The number of hydrogen-bond acceptors (Lipinski definition) is 4. The monoisotopic (exact) mass is 350 g/mol. The van der Waals surface area contributed by atoms with Crippen LogP contribution in [0.1, 0.15) is 18.3 Å². The molecule has 3 heterocycles. The lowest BCUT2D eigenvalue weighted by molar-refractivity contribution is -0.116. The van der Waals surface area contributed by atoms with Gasteiger partial charge in [-0.3, -0.25) is 4.79 Å². The molecule has 1 aliphatic rings. The fourth-order valence-electron chi connectivity index (χ4n) is 3.17. The minimum Gasteiger partial charge on any atom is -0.312 e. The fourth-order valence-corrected chi connectivity index (χ4v) is 3.17. The molecule has 0 saturated heterocycles. The van der Waals surface area contributed by atoms with Gasteiger partial charge in [-0.05, 0) is 49.2 Å². The third kappa shape index (κ3) is 2.97. The van der Waals surface area contributed by atoms with Crippen LogP contribution in [-0.2, 0) is 11.2 Å². The zero-order chi connectivity index (χ0) is 18.3. The Morgan fingerprint density at radius 3 is 2.69 bits per heavy atom. The van der Waals surface area contributed by atoms with Crippen molar-refractivity contribution in [1.29, 1.82) is 0 Å². The van der Waals surface area contributed by atoms with E-state index in [9.17, 15) is 9.59 Å². The van der Waals surface area contributed by atoms with Crippen LogP contribution in [0, 0.1) is 6.92 Å². The molecule has 0 atom stereocenters. The van der Waals surface area contributed by atoms with Crippen molar-refractivity contribution >= 4 is 34.6 Å². The number of aryl methyl sites for hydroxylation is 1. The van der Waals surface area contributed by atoms with Crippen LogP contribution in [0.4, 0.5) is 21.9 Å². The molecule has 8 nitrogen and oxygen atoms in total. The van der Waals surface area contributed by atoms with Crippen LogP contribution in [0.15, 0.2) is 36.5 Å². The first-order valence-electron chi connectivity index (χ1n) is 8.32. The number of urea groups is 1. The first-order valence-corrected chi connectivity index (χ1v) is 8.32. The van der Waals surface area contributed by atoms with Crippen molar-refractivity contribution in [2.24, 2.45) is 0 Å². The van der Waals surface area contributed by atoms with Gasteiger partial charge in [0.05, 0.1) is 11.9 Å². The van der Waals surface area contributed by atoms with E-state index in [-0.39, 0.29) is 11.9 Å². The Balaban J connectivity index is 1.47. The SMILES string of the molecule is CC(=O)N1CCc2cc(NC(=O)Nc3ccc4nc(C)nn4c3)ccc21. The molecule has 3 amide bonds. The van der Waals surface area contributed by atoms with Gasteiger partial charge in [-0.15, -0.1) is 0 Å². The Bertz CT molecular complexity index is 1030. The second-order valence-electron chi connectivity index (χ2n) is 6.22. The van der Waals surface area contributed by atoms with Gasteiger partial charge in [-0.2, -0.15) is 5.10 Å². The molecule has 0 aliphatic carbocycles. The summed E-state index contributed by atoms with van der Waals surface area (Å²) in [6.45, 7) is 4.05. The standard InChI is InChI=1S/C18H18N6O2/c1-11-19-17-6-4-15(10-24(17)22-11)21-18(26)20-14-3-5-16-13(9-14)7-8-23(16)12(2)25/h3-6,9-10H,7-8H2,1-2H3,(H2,20,21,26). The topological polar surface area (TPSA) is 91.6 Å². The maximum atomic E-state index is 12.3. The van der Waals surface area contributed by atoms with E-state index in [2.05, 4.69) is 20.7 Å². The molecule has 1 aliphatic heterocycles. The zero-order valence-electron chi connectivity index (χ0n) is 14.5. The quantitative estimate of drug-likeness (QED) is 0.743. The average Bonchev–Trinajstić information content (AvgIpc) is 3.16. The molecule has 1 aromatic carbocycles. The molecule has 0 unspecified atom stereocenters. The van der Waals surface area contributed by atoms with E-state index in [1.165, 1.54) is 0 Å². The molecule has 0 radical (unpaired) electrons. The van der Waals surface area contributed by atoms with E-state index in [0.717, 1.165) is 23.3 Å². The smallest absolute Gasteiger partial charge is 0.312 e. The van der Waals surface area contributed by atoms with Gasteiger partial charge in [0.1, 0.15) is 5.82 Å². The molecule has 2 N–H and O–H groups in total. The molecule has 0 bridgehead atoms. The number of fused-ring (bicyclic) bond motifs is 2. The van der Waals surface area contributed by atoms with Crippen LogP contribution in [0.25, 0.3) is 5.65 Å². The van der Waals surface area contributed by atoms with Crippen LogP contribution in [-0.4, -0.2) is 33.1 Å². The maximum Gasteiger partial charge on any atom is 0.323 e. The molecule has 132 valence electrons. The summed E-state index contributed by atoms with van der Waals surface area (Å²) < 4.78 is 1.62. The van der Waals surface area contributed by atoms with Gasteiger partial charge in [-0.25, -0.2) is 14.3 Å². The highest BCUT2D eigenvalue weighted by Crippen LogP contribution is 2.30. The summed E-state index contributed by atoms with van der Waals surface area (Å²) in [6, 6.07) is 8.79. The molecular formula is C18H18N6O2. The summed E-state index contributed by atoms with van der Waals surface area (Å²) in [5.41, 5.74) is 3.99. The molecule has 4 rings (SSSR count). The van der Waals surface area contributed by atoms with Gasteiger partial charge in [0.15, 0.2) is 5.65 Å². The lowest BCUT2D eigenvalue weighted by Gasteiger charge is -2.15. The van der Waals surface area contributed by atoms with Gasteiger partial charge in [-0.1, -0.05) is 0 Å². The summed E-state index contributed by atoms with van der Waals surface area (Å²) in [5, 5.41) is 9.83. The fraction of sp³-hybridized carbons (Fsp3) is 0.222. The van der Waals surface area contributed by atoms with E-state index < -0.39 is 0 Å². The normalized spacial score (nSPS) is 12.9. The number of aromatic nitrogens is 3. The highest BCUT2D eigenvalue weighted by Gasteiger charge is 2.22. The number of nitrogens with zero attached hydrogens (tertiary/aromatic N) is 4. The van der Waals surface area contributed by atoms with Crippen molar-refractivity contribution < 1.29 is 9.59 Å². The molecule has 0 spiro atoms. The molecule has 8 heteroatoms. The van der Waals surface area contributed by atoms with Gasteiger partial charge in [0.2, 0.25) is 5.91 Å². The number of hydrogen-bond donors (Lipinski definition) is 2. The van der Waals surface area contributed by atoms with E-state index >= 15 is 0 Å². The van der Waals surface area contributed by atoms with Crippen LogP contribution < -0.4 is 15.5 Å². The van der Waals surface area contributed by atoms with Crippen molar-refractivity contribution in [1.82, 2.24) is 14.6 Å². The van der Waals surface area contributed by atoms with Crippen LogP contribution in [0.3, 0.4) is 0 Å². The van der Waals surface area contributed by atoms with Crippen LogP contribution in [0.5, 0.6) is 0 Å². The zero-order valence-corrected chi connectivity index (χ0v) is 14.5. The predicted molar refractivity (Wildman–Crippen MR) is 98.5 cm³/mol. The Hall–Kier alpha value is -3.42. The highest BCUT2D eigenvalue weighted by molar-refractivity contribution is 6.00. The molecule has 3 aromatic rings. The lowest BCUT2D eigenvalue weighted by Crippen LogP contribution is -2.25. The Kier molecular flexibility index (Phi) is 3.80. The summed E-state index contributed by atoms with van der Waals surface area (Å²) in [6.07, 6.45) is 2.50. The van der Waals surface area contributed by atoms with E-state index in [1.807, 2.05) is 19.1 Å². The molecule has 2 aromatic heterocycles. The molecular weight excluding hydrogens is 332 g/mol. The molecule has 0 saturated carbocycles. The number of amides is 3. The van der Waals surface area contributed by atoms with Crippen molar-refractivity contribution in [3.8, 4) is 0 Å². The van der Waals surface area contributed by atoms with Crippen molar-refractivity contribution in [3.63, 3.8) is 0 Å². The van der Waals surface area contributed by atoms with Crippen molar-refractivity contribution in [3.05, 3.63) is 47.9 Å². The van der Waals surface area contributed by atoms with Crippen molar-refractivity contribution in [2.45, 2.75) is 20.3 Å². The van der Waals surface area contributed by atoms with E-state index in [1.54, 1.807) is 40.7 Å². The summed E-state index contributed by atoms with van der Waals surface area (Å²) in [4.78, 5) is 29.9. The number of nitrogens with one attached hydrogen (secondary N) is 2. The minimum atomic E-state index is -0.345. The third-order valence-electron chi connectivity index (χ3n) is 4.31. The predicted octanol–water partition coefficient (Wildman–Crippen LogP) is 2.59. The van der Waals surface area contributed by atoms with Crippen LogP contribution >= 0.6 is 0 Å². The summed E-state index contributed by atoms with van der Waals surface area (Å²) >= 11 is 0. The van der Waals surface area contributed by atoms with E-state index in [4.69, 9.17) is 0 Å². The largest absolute Gasteiger partial charge is 0.323 e. The number of anilines is 3. The number of pyridine rings is 1. The van der Waals surface area contributed by atoms with Crippen LogP contribution in [0.2, 0.25) is 0 Å². The number of carbonyl (C=O) groups excluding carboxylic acids is 2. The Morgan fingerprint density at radius 1 is 1.12 bits per heavy atom. The lowest BCUT2D eigenvalue weighted by atomic mass is 10.1.